The number of aryl methyl sites for hydroxylation is 2. The third kappa shape index (κ3) is 3.06. The van der Waals surface area contributed by atoms with Gasteiger partial charge in [-0.2, -0.15) is 4.98 Å². The first-order valence-corrected chi connectivity index (χ1v) is 10.3. The zero-order valence-corrected chi connectivity index (χ0v) is 17.6. The Hall–Kier alpha value is -3.37. The second-order valence-corrected chi connectivity index (χ2v) is 7.87. The molecule has 0 aliphatic carbocycles. The van der Waals surface area contributed by atoms with E-state index in [1.54, 1.807) is 11.4 Å². The molecule has 5 rings (SSSR count). The number of rotatable bonds is 4. The molecule has 10 heteroatoms. The first-order valence-electron chi connectivity index (χ1n) is 10.3. The van der Waals surface area contributed by atoms with Crippen LogP contribution < -0.4 is 17.0 Å². The SMILES string of the molecule is Cc1cn2c3c(=O)n(CCN4CCOCC4)c(=O)n(C)c3nc2n1-c1ccccc1N. The molecule has 1 aliphatic heterocycles. The molecule has 1 saturated heterocycles. The second kappa shape index (κ2) is 7.40. The normalized spacial score (nSPS) is 15.3. The molecular weight excluding hydrogens is 398 g/mol. The van der Waals surface area contributed by atoms with Gasteiger partial charge < -0.3 is 10.5 Å². The molecule has 0 radical (unpaired) electrons. The highest BCUT2D eigenvalue weighted by Crippen LogP contribution is 2.24. The van der Waals surface area contributed by atoms with Crippen molar-refractivity contribution < 1.29 is 4.74 Å². The fourth-order valence-corrected chi connectivity index (χ4v) is 4.26. The van der Waals surface area contributed by atoms with Gasteiger partial charge in [0.2, 0.25) is 5.78 Å². The molecule has 0 amide bonds. The van der Waals surface area contributed by atoms with E-state index in [1.807, 2.05) is 42.0 Å². The first kappa shape index (κ1) is 19.6. The lowest BCUT2D eigenvalue weighted by Gasteiger charge is -2.26. The highest BCUT2D eigenvalue weighted by molar-refractivity contribution is 5.77. The lowest BCUT2D eigenvalue weighted by atomic mass is 10.2. The van der Waals surface area contributed by atoms with E-state index in [0.29, 0.717) is 48.9 Å². The van der Waals surface area contributed by atoms with E-state index in [4.69, 9.17) is 10.5 Å². The van der Waals surface area contributed by atoms with Crippen LogP contribution in [0.25, 0.3) is 22.6 Å². The van der Waals surface area contributed by atoms with E-state index in [0.717, 1.165) is 24.5 Å². The minimum atomic E-state index is -0.367. The Morgan fingerprint density at radius 3 is 2.61 bits per heavy atom. The first-order chi connectivity index (χ1) is 15.0. The Kier molecular flexibility index (Phi) is 4.67. The van der Waals surface area contributed by atoms with Crippen molar-refractivity contribution in [2.45, 2.75) is 13.5 Å². The van der Waals surface area contributed by atoms with Crippen molar-refractivity contribution in [3.8, 4) is 5.69 Å². The lowest BCUT2D eigenvalue weighted by molar-refractivity contribution is 0.0361. The van der Waals surface area contributed by atoms with Gasteiger partial charge >= 0.3 is 5.69 Å². The van der Waals surface area contributed by atoms with E-state index in [2.05, 4.69) is 9.88 Å². The number of anilines is 1. The van der Waals surface area contributed by atoms with E-state index < -0.39 is 0 Å². The van der Waals surface area contributed by atoms with E-state index in [-0.39, 0.29) is 11.2 Å². The van der Waals surface area contributed by atoms with Gasteiger partial charge in [-0.25, -0.2) is 4.79 Å². The lowest BCUT2D eigenvalue weighted by Crippen LogP contribution is -2.44. The molecule has 1 aliphatic rings. The number of benzene rings is 1. The second-order valence-electron chi connectivity index (χ2n) is 7.87. The Labute approximate surface area is 177 Å². The Morgan fingerprint density at radius 1 is 1.13 bits per heavy atom. The number of aromatic nitrogens is 5. The standard InChI is InChI=1S/C21H25N7O3/c1-14-13-27-17-18(23-20(27)28(14)16-6-4-3-5-15(16)22)24(2)21(30)26(19(17)29)8-7-25-9-11-31-12-10-25/h3-6,13H,7-12,22H2,1-2H3. The molecule has 0 spiro atoms. The van der Waals surface area contributed by atoms with Crippen molar-refractivity contribution in [3.63, 3.8) is 0 Å². The summed E-state index contributed by atoms with van der Waals surface area (Å²) in [5.74, 6) is 0.545. The number of fused-ring (bicyclic) bond motifs is 3. The fraction of sp³-hybridized carbons (Fsp3) is 0.381. The Morgan fingerprint density at radius 2 is 1.87 bits per heavy atom. The number of para-hydroxylation sites is 2. The average molecular weight is 423 g/mol. The van der Waals surface area contributed by atoms with Gasteiger partial charge in [-0.3, -0.25) is 27.8 Å². The summed E-state index contributed by atoms with van der Waals surface area (Å²) < 4.78 is 11.8. The summed E-state index contributed by atoms with van der Waals surface area (Å²) >= 11 is 0. The fourth-order valence-electron chi connectivity index (χ4n) is 4.26. The quantitative estimate of drug-likeness (QED) is 0.476. The number of hydrogen-bond donors (Lipinski definition) is 1. The Bertz CT molecular complexity index is 1400. The van der Waals surface area contributed by atoms with Gasteiger partial charge in [-0.05, 0) is 19.1 Å². The molecule has 0 saturated carbocycles. The summed E-state index contributed by atoms with van der Waals surface area (Å²) in [4.78, 5) is 33.2. The summed E-state index contributed by atoms with van der Waals surface area (Å²) in [6, 6.07) is 7.50. The summed E-state index contributed by atoms with van der Waals surface area (Å²) in [6.07, 6.45) is 1.86. The average Bonchev–Trinajstić information content (AvgIpc) is 3.28. The maximum Gasteiger partial charge on any atom is 0.332 e. The predicted octanol–water partition coefficient (Wildman–Crippen LogP) is 0.361. The maximum absolute atomic E-state index is 13.4. The molecule has 0 atom stereocenters. The van der Waals surface area contributed by atoms with Crippen molar-refractivity contribution in [2.75, 3.05) is 38.6 Å². The third-order valence-corrected chi connectivity index (χ3v) is 5.95. The number of nitrogens with two attached hydrogens (primary N) is 1. The number of nitrogen functional groups attached to an aromatic ring is 1. The van der Waals surface area contributed by atoms with Gasteiger partial charge in [-0.15, -0.1) is 0 Å². The molecule has 0 bridgehead atoms. The summed E-state index contributed by atoms with van der Waals surface area (Å²) in [5.41, 5.74) is 8.50. The topological polar surface area (TPSA) is 105 Å². The van der Waals surface area contributed by atoms with Gasteiger partial charge in [0.1, 0.15) is 0 Å². The molecular formula is C21H25N7O3. The largest absolute Gasteiger partial charge is 0.397 e. The van der Waals surface area contributed by atoms with Crippen LogP contribution in [0.15, 0.2) is 40.1 Å². The third-order valence-electron chi connectivity index (χ3n) is 5.95. The van der Waals surface area contributed by atoms with Crippen LogP contribution in [0, 0.1) is 6.92 Å². The van der Waals surface area contributed by atoms with Gasteiger partial charge in [0.25, 0.3) is 5.56 Å². The van der Waals surface area contributed by atoms with Gasteiger partial charge in [-0.1, -0.05) is 12.1 Å². The van der Waals surface area contributed by atoms with Crippen molar-refractivity contribution >= 4 is 22.6 Å². The molecule has 4 heterocycles. The van der Waals surface area contributed by atoms with Gasteiger partial charge in [0, 0.05) is 45.1 Å². The maximum atomic E-state index is 13.4. The van der Waals surface area contributed by atoms with Crippen molar-refractivity contribution in [1.29, 1.82) is 0 Å². The van der Waals surface area contributed by atoms with E-state index >= 15 is 0 Å². The molecule has 0 unspecified atom stereocenters. The summed E-state index contributed by atoms with van der Waals surface area (Å²) in [6.45, 7) is 5.82. The molecule has 3 aromatic heterocycles. The van der Waals surface area contributed by atoms with Crippen LogP contribution in [0.5, 0.6) is 0 Å². The highest BCUT2D eigenvalue weighted by atomic mass is 16.5. The monoisotopic (exact) mass is 423 g/mol. The van der Waals surface area contributed by atoms with Crippen LogP contribution in [0.4, 0.5) is 5.69 Å². The summed E-state index contributed by atoms with van der Waals surface area (Å²) in [5, 5.41) is 0. The summed E-state index contributed by atoms with van der Waals surface area (Å²) in [7, 11) is 1.65. The van der Waals surface area contributed by atoms with Crippen LogP contribution in [0.3, 0.4) is 0 Å². The molecule has 1 fully saturated rings. The van der Waals surface area contributed by atoms with Gasteiger partial charge in [0.15, 0.2) is 11.2 Å². The number of ether oxygens (including phenoxy) is 1. The minimum Gasteiger partial charge on any atom is -0.397 e. The number of morpholine rings is 1. The molecule has 31 heavy (non-hydrogen) atoms. The van der Waals surface area contributed by atoms with Crippen molar-refractivity contribution in [2.24, 2.45) is 7.05 Å². The Balaban J connectivity index is 1.68. The van der Waals surface area contributed by atoms with Crippen molar-refractivity contribution in [1.82, 2.24) is 28.0 Å². The zero-order valence-electron chi connectivity index (χ0n) is 17.6. The van der Waals surface area contributed by atoms with E-state index in [1.165, 1.54) is 9.13 Å². The number of nitrogens with zero attached hydrogens (tertiary/aromatic N) is 6. The van der Waals surface area contributed by atoms with Crippen LogP contribution in [-0.4, -0.2) is 60.8 Å². The van der Waals surface area contributed by atoms with E-state index in [9.17, 15) is 9.59 Å². The molecule has 10 nitrogen and oxygen atoms in total. The van der Waals surface area contributed by atoms with Crippen LogP contribution in [0.1, 0.15) is 5.69 Å². The molecule has 4 aromatic rings. The smallest absolute Gasteiger partial charge is 0.332 e. The predicted molar refractivity (Wildman–Crippen MR) is 118 cm³/mol. The molecule has 1 aromatic carbocycles. The van der Waals surface area contributed by atoms with Crippen LogP contribution >= 0.6 is 0 Å². The van der Waals surface area contributed by atoms with Crippen molar-refractivity contribution in [3.05, 3.63) is 57.0 Å². The van der Waals surface area contributed by atoms with Crippen LogP contribution in [0.2, 0.25) is 0 Å². The minimum absolute atomic E-state index is 0.319. The molecule has 2 N–H and O–H groups in total. The van der Waals surface area contributed by atoms with Crippen LogP contribution in [-0.2, 0) is 18.3 Å². The number of hydrogen-bond acceptors (Lipinski definition) is 6. The number of imidazole rings is 2. The van der Waals surface area contributed by atoms with Gasteiger partial charge in [0.05, 0.1) is 24.6 Å². The zero-order chi connectivity index (χ0) is 21.7. The highest BCUT2D eigenvalue weighted by Gasteiger charge is 2.22. The molecule has 162 valence electrons.